The summed E-state index contributed by atoms with van der Waals surface area (Å²) in [7, 11) is 0. The van der Waals surface area contributed by atoms with Crippen molar-refractivity contribution in [3.63, 3.8) is 0 Å². The normalized spacial score (nSPS) is 17.4. The molecule has 2 N–H and O–H groups in total. The maximum Gasteiger partial charge on any atom is 0.243 e. The predicted molar refractivity (Wildman–Crippen MR) is 94.8 cm³/mol. The van der Waals surface area contributed by atoms with E-state index in [1.807, 2.05) is 12.3 Å². The van der Waals surface area contributed by atoms with E-state index in [1.54, 1.807) is 18.3 Å². The monoisotopic (exact) mass is 348 g/mol. The molecule has 1 atom stereocenters. The van der Waals surface area contributed by atoms with Crippen molar-refractivity contribution in [1.29, 1.82) is 0 Å². The molecular weight excluding hydrogens is 327 g/mol. The highest BCUT2D eigenvalue weighted by Crippen LogP contribution is 2.19. The van der Waals surface area contributed by atoms with Crippen LogP contribution in [0.15, 0.2) is 35.8 Å². The number of rotatable bonds is 5. The number of benzene rings is 1. The van der Waals surface area contributed by atoms with E-state index >= 15 is 0 Å². The van der Waals surface area contributed by atoms with Crippen LogP contribution in [-0.4, -0.2) is 41.0 Å². The molecule has 0 saturated carbocycles. The van der Waals surface area contributed by atoms with Crippen molar-refractivity contribution in [2.75, 3.05) is 23.7 Å². The molecule has 2 heterocycles. The number of hydrogen-bond acceptors (Lipinski definition) is 5. The van der Waals surface area contributed by atoms with Gasteiger partial charge in [0.25, 0.3) is 0 Å². The van der Waals surface area contributed by atoms with Gasteiger partial charge in [-0.05, 0) is 44.0 Å². The number of nitrogens with one attached hydrogen (secondary N) is 2. The van der Waals surface area contributed by atoms with Gasteiger partial charge in [-0.1, -0.05) is 0 Å². The van der Waals surface area contributed by atoms with Crippen LogP contribution in [0.1, 0.15) is 19.8 Å². The molecule has 1 aliphatic rings. The van der Waals surface area contributed by atoms with E-state index in [1.165, 1.54) is 23.5 Å². The molecule has 0 bridgehead atoms. The van der Waals surface area contributed by atoms with Gasteiger partial charge in [0.1, 0.15) is 5.82 Å². The first-order chi connectivity index (χ1) is 11.6. The van der Waals surface area contributed by atoms with Crippen molar-refractivity contribution in [2.45, 2.75) is 31.8 Å². The van der Waals surface area contributed by atoms with Crippen LogP contribution < -0.4 is 10.6 Å². The van der Waals surface area contributed by atoms with E-state index in [0.29, 0.717) is 11.2 Å². The van der Waals surface area contributed by atoms with Crippen LogP contribution in [0.2, 0.25) is 0 Å². The Morgan fingerprint density at radius 1 is 1.33 bits per heavy atom. The molecule has 2 aromatic rings. The van der Waals surface area contributed by atoms with Crippen molar-refractivity contribution in [1.82, 2.24) is 9.88 Å². The standard InChI is InChI=1S/C17H21FN4OS/c1-12(16(23)21-17-19-8-11-24-17)22-9-6-15(7-10-22)20-14-4-2-13(18)3-5-14/h2-5,8,11-12,15,20H,6-7,9-10H2,1H3,(H,19,21,23). The zero-order valence-electron chi connectivity index (χ0n) is 13.5. The number of hydrogen-bond donors (Lipinski definition) is 2. The highest BCUT2D eigenvalue weighted by molar-refractivity contribution is 7.13. The van der Waals surface area contributed by atoms with Gasteiger partial charge in [0.05, 0.1) is 6.04 Å². The molecule has 24 heavy (non-hydrogen) atoms. The van der Waals surface area contributed by atoms with Crippen LogP contribution in [0.4, 0.5) is 15.2 Å². The minimum Gasteiger partial charge on any atom is -0.382 e. The summed E-state index contributed by atoms with van der Waals surface area (Å²) >= 11 is 1.42. The number of halogens is 1. The second-order valence-corrected chi connectivity index (χ2v) is 6.86. The summed E-state index contributed by atoms with van der Waals surface area (Å²) in [5.74, 6) is -0.245. The Hall–Kier alpha value is -1.99. The number of thiazole rings is 1. The zero-order chi connectivity index (χ0) is 16.9. The van der Waals surface area contributed by atoms with Gasteiger partial charge in [0.15, 0.2) is 5.13 Å². The summed E-state index contributed by atoms with van der Waals surface area (Å²) in [5, 5.41) is 8.76. The average Bonchev–Trinajstić information content (AvgIpc) is 3.10. The van der Waals surface area contributed by atoms with E-state index in [9.17, 15) is 9.18 Å². The largest absolute Gasteiger partial charge is 0.382 e. The van der Waals surface area contributed by atoms with Gasteiger partial charge >= 0.3 is 0 Å². The summed E-state index contributed by atoms with van der Waals surface area (Å²) in [6.45, 7) is 3.63. The number of amides is 1. The third-order valence-corrected chi connectivity index (χ3v) is 5.02. The second-order valence-electron chi connectivity index (χ2n) is 5.96. The molecule has 1 aromatic carbocycles. The number of nitrogens with zero attached hydrogens (tertiary/aromatic N) is 2. The topological polar surface area (TPSA) is 57.3 Å². The SMILES string of the molecule is CC(C(=O)Nc1nccs1)N1CCC(Nc2ccc(F)cc2)CC1. The Kier molecular flexibility index (Phi) is 5.42. The first-order valence-corrected chi connectivity index (χ1v) is 8.96. The fraction of sp³-hybridized carbons (Fsp3) is 0.412. The summed E-state index contributed by atoms with van der Waals surface area (Å²) in [6.07, 6.45) is 3.58. The lowest BCUT2D eigenvalue weighted by Crippen LogP contribution is -2.48. The van der Waals surface area contributed by atoms with Crippen LogP contribution in [0, 0.1) is 5.82 Å². The molecule has 0 spiro atoms. The molecule has 3 rings (SSSR count). The molecule has 5 nitrogen and oxygen atoms in total. The van der Waals surface area contributed by atoms with E-state index < -0.39 is 0 Å². The van der Waals surface area contributed by atoms with E-state index in [-0.39, 0.29) is 17.8 Å². The maximum absolute atomic E-state index is 12.9. The maximum atomic E-state index is 12.9. The quantitative estimate of drug-likeness (QED) is 0.871. The highest BCUT2D eigenvalue weighted by atomic mass is 32.1. The summed E-state index contributed by atoms with van der Waals surface area (Å²) < 4.78 is 12.9. The smallest absolute Gasteiger partial charge is 0.243 e. The number of carbonyl (C=O) groups is 1. The first-order valence-electron chi connectivity index (χ1n) is 8.08. The van der Waals surface area contributed by atoms with Crippen LogP contribution >= 0.6 is 11.3 Å². The molecule has 128 valence electrons. The molecule has 0 radical (unpaired) electrons. The van der Waals surface area contributed by atoms with E-state index in [4.69, 9.17) is 0 Å². The summed E-state index contributed by atoms with van der Waals surface area (Å²) in [4.78, 5) is 18.5. The van der Waals surface area contributed by atoms with Crippen molar-refractivity contribution in [3.05, 3.63) is 41.7 Å². The summed E-state index contributed by atoms with van der Waals surface area (Å²) in [5.41, 5.74) is 0.935. The Morgan fingerprint density at radius 3 is 2.67 bits per heavy atom. The molecule has 1 aliphatic heterocycles. The van der Waals surface area contributed by atoms with Crippen LogP contribution in [0.25, 0.3) is 0 Å². The number of piperidine rings is 1. The van der Waals surface area contributed by atoms with Gasteiger partial charge in [0, 0.05) is 36.4 Å². The molecule has 1 aromatic heterocycles. The average molecular weight is 348 g/mol. The lowest BCUT2D eigenvalue weighted by molar-refractivity contribution is -0.121. The molecular formula is C17H21FN4OS. The van der Waals surface area contributed by atoms with Crippen LogP contribution in [0.5, 0.6) is 0 Å². The van der Waals surface area contributed by atoms with Gasteiger partial charge in [-0.3, -0.25) is 9.69 Å². The van der Waals surface area contributed by atoms with Gasteiger partial charge in [0.2, 0.25) is 5.91 Å². The first kappa shape index (κ1) is 16.9. The van der Waals surface area contributed by atoms with E-state index in [0.717, 1.165) is 31.6 Å². The van der Waals surface area contributed by atoms with Crippen molar-refractivity contribution < 1.29 is 9.18 Å². The van der Waals surface area contributed by atoms with Gasteiger partial charge in [-0.25, -0.2) is 9.37 Å². The Bertz CT molecular complexity index is 654. The molecule has 1 fully saturated rings. The third-order valence-electron chi connectivity index (χ3n) is 4.33. The lowest BCUT2D eigenvalue weighted by atomic mass is 10.0. The molecule has 0 aliphatic carbocycles. The Labute approximate surface area is 144 Å². The van der Waals surface area contributed by atoms with Gasteiger partial charge < -0.3 is 10.6 Å². The van der Waals surface area contributed by atoms with Crippen molar-refractivity contribution in [3.8, 4) is 0 Å². The number of likely N-dealkylation sites (tertiary alicyclic amines) is 1. The zero-order valence-corrected chi connectivity index (χ0v) is 14.4. The van der Waals surface area contributed by atoms with Gasteiger partial charge in [-0.15, -0.1) is 11.3 Å². The second kappa shape index (κ2) is 7.72. The minimum absolute atomic E-state index is 0.0186. The predicted octanol–water partition coefficient (Wildman–Crippen LogP) is 3.19. The molecule has 1 unspecified atom stereocenters. The van der Waals surface area contributed by atoms with Crippen molar-refractivity contribution in [2.24, 2.45) is 0 Å². The van der Waals surface area contributed by atoms with E-state index in [2.05, 4.69) is 20.5 Å². The molecule has 1 saturated heterocycles. The lowest BCUT2D eigenvalue weighted by Gasteiger charge is -2.35. The molecule has 7 heteroatoms. The Balaban J connectivity index is 1.47. The number of aromatic nitrogens is 1. The van der Waals surface area contributed by atoms with Crippen molar-refractivity contribution >= 4 is 28.1 Å². The van der Waals surface area contributed by atoms with Gasteiger partial charge in [-0.2, -0.15) is 0 Å². The molecule has 1 amide bonds. The number of carbonyl (C=O) groups excluding carboxylic acids is 1. The number of anilines is 2. The summed E-state index contributed by atoms with van der Waals surface area (Å²) in [6, 6.07) is 6.60. The minimum atomic E-state index is -0.226. The Morgan fingerprint density at radius 2 is 2.04 bits per heavy atom. The van der Waals surface area contributed by atoms with Crippen LogP contribution in [-0.2, 0) is 4.79 Å². The fourth-order valence-electron chi connectivity index (χ4n) is 2.87. The fourth-order valence-corrected chi connectivity index (χ4v) is 3.41. The third kappa shape index (κ3) is 4.30. The van der Waals surface area contributed by atoms with Crippen LogP contribution in [0.3, 0.4) is 0 Å². The highest BCUT2D eigenvalue weighted by Gasteiger charge is 2.26.